The predicted octanol–water partition coefficient (Wildman–Crippen LogP) is 4.20. The van der Waals surface area contributed by atoms with Crippen LogP contribution in [0.4, 0.5) is 10.5 Å². The van der Waals surface area contributed by atoms with Crippen LogP contribution in [-0.4, -0.2) is 38.1 Å². The quantitative estimate of drug-likeness (QED) is 0.335. The molecule has 1 atom stereocenters. The summed E-state index contributed by atoms with van der Waals surface area (Å²) in [7, 11) is 1.85. The van der Waals surface area contributed by atoms with E-state index < -0.39 is 0 Å². The minimum atomic E-state index is -0.279. The molecule has 0 bridgehead atoms. The Morgan fingerprint density at radius 2 is 1.42 bits per heavy atom. The Hall–Kier alpha value is -3.64. The van der Waals surface area contributed by atoms with Crippen molar-refractivity contribution in [3.8, 4) is 11.1 Å². The molecular weight excluding hydrogens is 412 g/mol. The van der Waals surface area contributed by atoms with E-state index in [9.17, 15) is 9.59 Å². The van der Waals surface area contributed by atoms with Crippen molar-refractivity contribution < 1.29 is 9.59 Å². The number of carbonyl (C=O) groups is 2. The molecule has 6 heteroatoms. The summed E-state index contributed by atoms with van der Waals surface area (Å²) < 4.78 is 0. The number of anilines is 1. The Morgan fingerprint density at radius 3 is 2.09 bits per heavy atom. The number of amides is 3. The molecule has 0 unspecified atom stereocenters. The molecule has 0 saturated heterocycles. The van der Waals surface area contributed by atoms with Gasteiger partial charge in [0.05, 0.1) is 0 Å². The number of benzene rings is 3. The van der Waals surface area contributed by atoms with Gasteiger partial charge < -0.3 is 21.3 Å². The molecule has 172 valence electrons. The Balaban J connectivity index is 1.57. The van der Waals surface area contributed by atoms with E-state index in [-0.39, 0.29) is 18.0 Å². The van der Waals surface area contributed by atoms with Gasteiger partial charge in [0.1, 0.15) is 0 Å². The molecule has 0 heterocycles. The second-order valence-corrected chi connectivity index (χ2v) is 7.92. The summed E-state index contributed by atoms with van der Waals surface area (Å²) in [6.07, 6.45) is 1.57. The summed E-state index contributed by atoms with van der Waals surface area (Å²) in [5.41, 5.74) is 4.05. The smallest absolute Gasteiger partial charge is 0.319 e. The fraction of sp³-hybridized carbons (Fsp3) is 0.259. The number of hydrogen-bond donors (Lipinski definition) is 4. The molecule has 3 rings (SSSR count). The first-order valence-electron chi connectivity index (χ1n) is 11.3. The van der Waals surface area contributed by atoms with Crippen LogP contribution in [-0.2, 0) is 11.2 Å². The van der Waals surface area contributed by atoms with Crippen LogP contribution in [0.15, 0.2) is 84.9 Å². The second-order valence-electron chi connectivity index (χ2n) is 7.92. The Morgan fingerprint density at radius 1 is 0.788 bits per heavy atom. The van der Waals surface area contributed by atoms with Gasteiger partial charge in [-0.15, -0.1) is 0 Å². The van der Waals surface area contributed by atoms with E-state index in [2.05, 4.69) is 33.4 Å². The van der Waals surface area contributed by atoms with Crippen molar-refractivity contribution in [3.63, 3.8) is 0 Å². The van der Waals surface area contributed by atoms with Gasteiger partial charge in [0, 0.05) is 31.2 Å². The highest BCUT2D eigenvalue weighted by Gasteiger charge is 2.15. The zero-order valence-corrected chi connectivity index (χ0v) is 19.0. The zero-order chi connectivity index (χ0) is 23.3. The van der Waals surface area contributed by atoms with Gasteiger partial charge in [-0.2, -0.15) is 0 Å². The number of hydrogen-bond acceptors (Lipinski definition) is 3. The molecule has 0 saturated carbocycles. The molecule has 0 aliphatic heterocycles. The van der Waals surface area contributed by atoms with Crippen LogP contribution in [0.25, 0.3) is 11.1 Å². The number of likely N-dealkylation sites (N-methyl/N-ethyl adjacent to an activating group) is 1. The van der Waals surface area contributed by atoms with Crippen molar-refractivity contribution in [2.24, 2.45) is 0 Å². The molecule has 4 N–H and O–H groups in total. The summed E-state index contributed by atoms with van der Waals surface area (Å²) in [4.78, 5) is 24.8. The summed E-state index contributed by atoms with van der Waals surface area (Å²) in [6, 6.07) is 27.4. The summed E-state index contributed by atoms with van der Waals surface area (Å²) in [5.74, 6) is -0.0120. The van der Waals surface area contributed by atoms with Crippen LogP contribution in [0.3, 0.4) is 0 Å². The average Bonchev–Trinajstić information content (AvgIpc) is 2.84. The van der Waals surface area contributed by atoms with Crippen molar-refractivity contribution in [1.82, 2.24) is 16.0 Å². The van der Waals surface area contributed by atoms with Crippen LogP contribution in [0, 0.1) is 0 Å². The van der Waals surface area contributed by atoms with E-state index >= 15 is 0 Å². The highest BCUT2D eigenvalue weighted by molar-refractivity contribution is 5.89. The number of carbonyl (C=O) groups excluding carboxylic acids is 2. The lowest BCUT2D eigenvalue weighted by atomic mass is 10.0. The first-order chi connectivity index (χ1) is 16.1. The SMILES string of the molecule is CNCCNC(=O)CC[C@H](Cc1ccccc1)NC(=O)Nc1ccc(-c2ccccc2)cc1. The van der Waals surface area contributed by atoms with Gasteiger partial charge in [0.25, 0.3) is 0 Å². The van der Waals surface area contributed by atoms with Gasteiger partial charge in [-0.1, -0.05) is 72.8 Å². The standard InChI is InChI=1S/C27H32N4O2/c1-28-18-19-29-26(32)17-16-25(20-21-8-4-2-5-9-21)31-27(33)30-24-14-12-23(13-15-24)22-10-6-3-7-11-22/h2-15,25,28H,16-20H2,1H3,(H,29,32)(H2,30,31,33)/t25-/m1/s1. The largest absolute Gasteiger partial charge is 0.355 e. The van der Waals surface area contributed by atoms with E-state index in [0.29, 0.717) is 25.8 Å². The molecule has 3 aromatic carbocycles. The number of urea groups is 1. The van der Waals surface area contributed by atoms with E-state index in [1.165, 1.54) is 0 Å². The molecule has 33 heavy (non-hydrogen) atoms. The fourth-order valence-electron chi connectivity index (χ4n) is 3.57. The molecule has 6 nitrogen and oxygen atoms in total. The summed E-state index contributed by atoms with van der Waals surface area (Å²) >= 11 is 0. The van der Waals surface area contributed by atoms with Crippen molar-refractivity contribution >= 4 is 17.6 Å². The minimum absolute atomic E-state index is 0.0120. The third kappa shape index (κ3) is 8.43. The lowest BCUT2D eigenvalue weighted by Gasteiger charge is -2.19. The van der Waals surface area contributed by atoms with Crippen molar-refractivity contribution in [2.75, 3.05) is 25.5 Å². The first-order valence-corrected chi connectivity index (χ1v) is 11.3. The molecule has 0 aliphatic rings. The highest BCUT2D eigenvalue weighted by Crippen LogP contribution is 2.21. The molecular formula is C27H32N4O2. The third-order valence-electron chi connectivity index (χ3n) is 5.33. The topological polar surface area (TPSA) is 82.3 Å². The van der Waals surface area contributed by atoms with Gasteiger partial charge in [-0.3, -0.25) is 4.79 Å². The molecule has 0 spiro atoms. The highest BCUT2D eigenvalue weighted by atomic mass is 16.2. The van der Waals surface area contributed by atoms with Crippen LogP contribution in [0.5, 0.6) is 0 Å². The van der Waals surface area contributed by atoms with Crippen LogP contribution < -0.4 is 21.3 Å². The molecule has 0 fully saturated rings. The van der Waals surface area contributed by atoms with E-state index in [1.807, 2.05) is 79.8 Å². The average molecular weight is 445 g/mol. The van der Waals surface area contributed by atoms with Gasteiger partial charge in [0.2, 0.25) is 5.91 Å². The maximum Gasteiger partial charge on any atom is 0.319 e. The van der Waals surface area contributed by atoms with Gasteiger partial charge in [-0.25, -0.2) is 4.79 Å². The maximum absolute atomic E-state index is 12.7. The molecule has 0 aromatic heterocycles. The summed E-state index contributed by atoms with van der Waals surface area (Å²) in [5, 5.41) is 11.8. The Labute approximate surface area is 195 Å². The summed E-state index contributed by atoms with van der Waals surface area (Å²) in [6.45, 7) is 1.31. The lowest BCUT2D eigenvalue weighted by Crippen LogP contribution is -2.40. The lowest BCUT2D eigenvalue weighted by molar-refractivity contribution is -0.121. The fourth-order valence-corrected chi connectivity index (χ4v) is 3.57. The normalized spacial score (nSPS) is 11.4. The second kappa shape index (κ2) is 13.0. The van der Waals surface area contributed by atoms with Crippen LogP contribution in [0.1, 0.15) is 18.4 Å². The maximum atomic E-state index is 12.7. The molecule has 3 aromatic rings. The Kier molecular flexibility index (Phi) is 9.48. The minimum Gasteiger partial charge on any atom is -0.355 e. The van der Waals surface area contributed by atoms with Gasteiger partial charge >= 0.3 is 6.03 Å². The first kappa shape index (κ1) is 24.0. The van der Waals surface area contributed by atoms with Gasteiger partial charge in [0.15, 0.2) is 0 Å². The van der Waals surface area contributed by atoms with Crippen LogP contribution in [0.2, 0.25) is 0 Å². The Bertz CT molecular complexity index is 992. The molecule has 0 radical (unpaired) electrons. The van der Waals surface area contributed by atoms with E-state index in [4.69, 9.17) is 0 Å². The third-order valence-corrected chi connectivity index (χ3v) is 5.33. The van der Waals surface area contributed by atoms with Crippen molar-refractivity contribution in [3.05, 3.63) is 90.5 Å². The van der Waals surface area contributed by atoms with Crippen molar-refractivity contribution in [2.45, 2.75) is 25.3 Å². The molecule has 3 amide bonds. The predicted molar refractivity (Wildman–Crippen MR) is 134 cm³/mol. The van der Waals surface area contributed by atoms with Crippen molar-refractivity contribution in [1.29, 1.82) is 0 Å². The number of nitrogens with one attached hydrogen (secondary N) is 4. The zero-order valence-electron chi connectivity index (χ0n) is 19.0. The van der Waals surface area contributed by atoms with Gasteiger partial charge in [-0.05, 0) is 48.7 Å². The molecule has 0 aliphatic carbocycles. The number of rotatable bonds is 11. The van der Waals surface area contributed by atoms with Crippen LogP contribution >= 0.6 is 0 Å². The van der Waals surface area contributed by atoms with E-state index in [1.54, 1.807) is 0 Å². The monoisotopic (exact) mass is 444 g/mol. The van der Waals surface area contributed by atoms with E-state index in [0.717, 1.165) is 28.9 Å².